The molecule has 2 aromatic carbocycles. The highest BCUT2D eigenvalue weighted by atomic mass is 16.5. The van der Waals surface area contributed by atoms with Gasteiger partial charge >= 0.3 is 0 Å². The lowest BCUT2D eigenvalue weighted by Crippen LogP contribution is -2.12. The molecule has 4 rings (SSSR count). The molecule has 0 saturated heterocycles. The van der Waals surface area contributed by atoms with Crippen molar-refractivity contribution in [3.05, 3.63) is 59.3 Å². The molecule has 0 unspecified atom stereocenters. The van der Waals surface area contributed by atoms with Crippen LogP contribution in [0.4, 0.5) is 5.69 Å². The molecule has 1 aliphatic rings. The summed E-state index contributed by atoms with van der Waals surface area (Å²) in [5.41, 5.74) is 6.56. The summed E-state index contributed by atoms with van der Waals surface area (Å²) >= 11 is 0. The quantitative estimate of drug-likeness (QED) is 0.301. The van der Waals surface area contributed by atoms with Crippen molar-refractivity contribution in [2.24, 2.45) is 0 Å². The van der Waals surface area contributed by atoms with Crippen molar-refractivity contribution in [3.63, 3.8) is 0 Å². The number of hydrogen-bond acceptors (Lipinski definition) is 4. The van der Waals surface area contributed by atoms with Crippen molar-refractivity contribution in [2.45, 2.75) is 70.6 Å². The number of anilines is 1. The van der Waals surface area contributed by atoms with Crippen LogP contribution in [0.2, 0.25) is 0 Å². The van der Waals surface area contributed by atoms with Crippen molar-refractivity contribution in [3.8, 4) is 11.5 Å². The molecule has 0 atom stereocenters. The number of fused-ring (bicyclic) bond motifs is 2. The second-order valence-electron chi connectivity index (χ2n) is 9.16. The standard InChI is InChI=1S/C29H38N2O2/c1-32-23-19-22(20-24(21-23)33-2)13-7-5-3-4-6-12-18-30-29-25-14-8-10-16-27(25)31-28-17-11-9-15-26(28)29/h8,10,14,16,19-21H,3-7,9,11-13,15,17-18H2,1-2H3,(H,30,31). The number of nitrogens with zero attached hydrogens (tertiary/aromatic N) is 1. The molecule has 0 saturated carbocycles. The molecule has 0 bridgehead atoms. The van der Waals surface area contributed by atoms with Gasteiger partial charge in [0.2, 0.25) is 0 Å². The van der Waals surface area contributed by atoms with Gasteiger partial charge in [-0.1, -0.05) is 43.9 Å². The Kier molecular flexibility index (Phi) is 8.46. The molecule has 176 valence electrons. The Morgan fingerprint density at radius 1 is 0.818 bits per heavy atom. The summed E-state index contributed by atoms with van der Waals surface area (Å²) in [5, 5.41) is 5.08. The smallest absolute Gasteiger partial charge is 0.122 e. The molecule has 0 spiro atoms. The second-order valence-corrected chi connectivity index (χ2v) is 9.16. The summed E-state index contributed by atoms with van der Waals surface area (Å²) in [5.74, 6) is 1.75. The molecule has 3 aromatic rings. The number of methoxy groups -OCH3 is 2. The maximum absolute atomic E-state index is 5.38. The van der Waals surface area contributed by atoms with Gasteiger partial charge in [0.15, 0.2) is 0 Å². The van der Waals surface area contributed by atoms with Crippen LogP contribution in [0, 0.1) is 0 Å². The van der Waals surface area contributed by atoms with E-state index in [1.54, 1.807) is 14.2 Å². The number of para-hydroxylation sites is 1. The van der Waals surface area contributed by atoms with Crippen molar-refractivity contribution >= 4 is 16.6 Å². The molecule has 0 aliphatic heterocycles. The molecule has 4 nitrogen and oxygen atoms in total. The largest absolute Gasteiger partial charge is 0.497 e. The number of aromatic nitrogens is 1. The normalized spacial score (nSPS) is 13.0. The Labute approximate surface area is 198 Å². The van der Waals surface area contributed by atoms with Gasteiger partial charge in [0.25, 0.3) is 0 Å². The predicted molar refractivity (Wildman–Crippen MR) is 138 cm³/mol. The van der Waals surface area contributed by atoms with Crippen LogP contribution in [0.5, 0.6) is 11.5 Å². The fraction of sp³-hybridized carbons (Fsp3) is 0.483. The maximum atomic E-state index is 5.38. The van der Waals surface area contributed by atoms with Gasteiger partial charge in [-0.25, -0.2) is 0 Å². The molecular weight excluding hydrogens is 408 g/mol. The van der Waals surface area contributed by atoms with Crippen LogP contribution in [0.25, 0.3) is 10.9 Å². The van der Waals surface area contributed by atoms with E-state index < -0.39 is 0 Å². The van der Waals surface area contributed by atoms with Gasteiger partial charge < -0.3 is 14.8 Å². The Bertz CT molecular complexity index is 1020. The molecule has 33 heavy (non-hydrogen) atoms. The zero-order valence-electron chi connectivity index (χ0n) is 20.3. The van der Waals surface area contributed by atoms with E-state index >= 15 is 0 Å². The third-order valence-corrected chi connectivity index (χ3v) is 6.77. The van der Waals surface area contributed by atoms with Gasteiger partial charge in [-0.3, -0.25) is 4.98 Å². The molecule has 0 radical (unpaired) electrons. The highest BCUT2D eigenvalue weighted by Crippen LogP contribution is 2.33. The molecule has 0 fully saturated rings. The number of ether oxygens (including phenoxy) is 2. The molecule has 1 aromatic heterocycles. The molecule has 0 amide bonds. The summed E-state index contributed by atoms with van der Waals surface area (Å²) in [4.78, 5) is 4.95. The molecular formula is C29H38N2O2. The Morgan fingerprint density at radius 3 is 2.30 bits per heavy atom. The molecule has 1 N–H and O–H groups in total. The van der Waals surface area contributed by atoms with Crippen molar-refractivity contribution in [2.75, 3.05) is 26.1 Å². The topological polar surface area (TPSA) is 43.4 Å². The minimum Gasteiger partial charge on any atom is -0.497 e. The van der Waals surface area contributed by atoms with Gasteiger partial charge in [-0.2, -0.15) is 0 Å². The Hall–Kier alpha value is -2.75. The fourth-order valence-corrected chi connectivity index (χ4v) is 4.96. The van der Waals surface area contributed by atoms with E-state index in [0.717, 1.165) is 42.8 Å². The minimum atomic E-state index is 0.875. The van der Waals surface area contributed by atoms with Gasteiger partial charge in [0.05, 0.1) is 19.7 Å². The van der Waals surface area contributed by atoms with Crippen molar-refractivity contribution in [1.29, 1.82) is 0 Å². The zero-order chi connectivity index (χ0) is 22.9. The first kappa shape index (κ1) is 23.4. The lowest BCUT2D eigenvalue weighted by molar-refractivity contribution is 0.393. The van der Waals surface area contributed by atoms with Crippen LogP contribution >= 0.6 is 0 Å². The summed E-state index contributed by atoms with van der Waals surface area (Å²) in [7, 11) is 3.42. The van der Waals surface area contributed by atoms with E-state index in [-0.39, 0.29) is 0 Å². The summed E-state index contributed by atoms with van der Waals surface area (Å²) in [6.45, 7) is 1.05. The van der Waals surface area contributed by atoms with Gasteiger partial charge in [-0.05, 0) is 74.3 Å². The van der Waals surface area contributed by atoms with E-state index in [1.165, 1.54) is 79.3 Å². The number of benzene rings is 2. The third-order valence-electron chi connectivity index (χ3n) is 6.77. The first-order valence-corrected chi connectivity index (χ1v) is 12.6. The first-order chi connectivity index (χ1) is 16.3. The van der Waals surface area contributed by atoms with Crippen molar-refractivity contribution in [1.82, 2.24) is 4.98 Å². The maximum Gasteiger partial charge on any atom is 0.122 e. The number of nitrogens with one attached hydrogen (secondary N) is 1. The van der Waals surface area contributed by atoms with Gasteiger partial charge in [0.1, 0.15) is 11.5 Å². The highest BCUT2D eigenvalue weighted by molar-refractivity contribution is 5.93. The molecule has 1 aliphatic carbocycles. The van der Waals surface area contributed by atoms with Crippen LogP contribution in [0.1, 0.15) is 68.2 Å². The van der Waals surface area contributed by atoms with Crippen LogP contribution < -0.4 is 14.8 Å². The summed E-state index contributed by atoms with van der Waals surface area (Å²) in [6.07, 6.45) is 13.5. The predicted octanol–water partition coefficient (Wildman–Crippen LogP) is 7.13. The van der Waals surface area contributed by atoms with Gasteiger partial charge in [-0.15, -0.1) is 0 Å². The average molecular weight is 447 g/mol. The second kappa shape index (κ2) is 11.9. The van der Waals surface area contributed by atoms with Gasteiger partial charge in [0, 0.05) is 29.4 Å². The lowest BCUT2D eigenvalue weighted by atomic mass is 9.92. The third kappa shape index (κ3) is 6.19. The van der Waals surface area contributed by atoms with E-state index in [1.807, 2.05) is 6.07 Å². The fourth-order valence-electron chi connectivity index (χ4n) is 4.96. The van der Waals surface area contributed by atoms with E-state index in [0.29, 0.717) is 0 Å². The van der Waals surface area contributed by atoms with Crippen LogP contribution in [-0.4, -0.2) is 25.7 Å². The van der Waals surface area contributed by atoms with E-state index in [2.05, 4.69) is 41.7 Å². The zero-order valence-corrected chi connectivity index (χ0v) is 20.3. The van der Waals surface area contributed by atoms with E-state index in [4.69, 9.17) is 14.5 Å². The van der Waals surface area contributed by atoms with E-state index in [9.17, 15) is 0 Å². The highest BCUT2D eigenvalue weighted by Gasteiger charge is 2.17. The SMILES string of the molecule is COc1cc(CCCCCCCCNc2c3c(nc4ccccc24)CCCC3)cc(OC)c1. The average Bonchev–Trinajstić information content (AvgIpc) is 2.86. The van der Waals surface area contributed by atoms with Crippen molar-refractivity contribution < 1.29 is 9.47 Å². The number of unbranched alkanes of at least 4 members (excludes halogenated alkanes) is 5. The summed E-state index contributed by atoms with van der Waals surface area (Å²) in [6, 6.07) is 14.8. The number of hydrogen-bond donors (Lipinski definition) is 1. The number of aryl methyl sites for hydroxylation is 2. The summed E-state index contributed by atoms with van der Waals surface area (Å²) < 4.78 is 10.8. The van der Waals surface area contributed by atoms with Crippen LogP contribution in [0.3, 0.4) is 0 Å². The Morgan fingerprint density at radius 2 is 1.52 bits per heavy atom. The number of rotatable bonds is 12. The minimum absolute atomic E-state index is 0.875. The monoisotopic (exact) mass is 446 g/mol. The molecule has 1 heterocycles. The molecule has 4 heteroatoms. The van der Waals surface area contributed by atoms with Crippen LogP contribution in [-0.2, 0) is 19.3 Å². The lowest BCUT2D eigenvalue weighted by Gasteiger charge is -2.21. The first-order valence-electron chi connectivity index (χ1n) is 12.6. The van der Waals surface area contributed by atoms with Crippen LogP contribution in [0.15, 0.2) is 42.5 Å². The number of pyridine rings is 1. The Balaban J connectivity index is 1.18.